The van der Waals surface area contributed by atoms with Crippen LogP contribution in [-0.2, 0) is 13.0 Å². The second kappa shape index (κ2) is 6.07. The van der Waals surface area contributed by atoms with Crippen LogP contribution < -0.4 is 10.1 Å². The number of benzene rings is 1. The number of hydrogen-bond acceptors (Lipinski definition) is 3. The largest absolute Gasteiger partial charge is 0.471 e. The van der Waals surface area contributed by atoms with E-state index in [1.807, 2.05) is 25.1 Å². The number of nitrogens with zero attached hydrogens (tertiary/aromatic N) is 2. The third-order valence-corrected chi connectivity index (χ3v) is 4.80. The molecule has 2 aromatic rings. The Bertz CT molecular complexity index is 872. The van der Waals surface area contributed by atoms with Crippen molar-refractivity contribution in [2.24, 2.45) is 0 Å². The van der Waals surface area contributed by atoms with E-state index in [0.717, 1.165) is 35.1 Å². The maximum atomic E-state index is 13.7. The molecule has 0 atom stereocenters. The van der Waals surface area contributed by atoms with Crippen molar-refractivity contribution in [3.05, 3.63) is 35.0 Å². The van der Waals surface area contributed by atoms with E-state index in [1.54, 1.807) is 0 Å². The molecular formula is C19H21F2N3O2. The van der Waals surface area contributed by atoms with Crippen molar-refractivity contribution in [3.8, 4) is 17.0 Å². The minimum Gasteiger partial charge on any atom is -0.471 e. The topological polar surface area (TPSA) is 56.2 Å². The lowest BCUT2D eigenvalue weighted by Gasteiger charge is -2.24. The number of amides is 1. The summed E-state index contributed by atoms with van der Waals surface area (Å²) in [6.45, 7) is 2.72. The van der Waals surface area contributed by atoms with Gasteiger partial charge in [0.25, 0.3) is 5.91 Å². The van der Waals surface area contributed by atoms with Crippen LogP contribution in [0.5, 0.6) is 5.88 Å². The summed E-state index contributed by atoms with van der Waals surface area (Å²) in [4.78, 5) is 12.7. The van der Waals surface area contributed by atoms with Crippen LogP contribution >= 0.6 is 0 Å². The number of hydrogen-bond donors (Lipinski definition) is 1. The lowest BCUT2D eigenvalue weighted by Crippen LogP contribution is -2.36. The summed E-state index contributed by atoms with van der Waals surface area (Å²) >= 11 is 0. The van der Waals surface area contributed by atoms with Crippen LogP contribution in [0.2, 0.25) is 0 Å². The van der Waals surface area contributed by atoms with Crippen LogP contribution in [0.1, 0.15) is 41.4 Å². The molecule has 26 heavy (non-hydrogen) atoms. The first kappa shape index (κ1) is 17.0. The predicted octanol–water partition coefficient (Wildman–Crippen LogP) is 3.34. The number of rotatable bonds is 4. The summed E-state index contributed by atoms with van der Waals surface area (Å²) in [6, 6.07) is 6.09. The van der Waals surface area contributed by atoms with E-state index in [1.165, 1.54) is 5.56 Å². The number of carbonyl (C=O) groups is 1. The highest BCUT2D eigenvalue weighted by atomic mass is 19.3. The highest BCUT2D eigenvalue weighted by Crippen LogP contribution is 2.40. The Morgan fingerprint density at radius 3 is 2.85 bits per heavy atom. The van der Waals surface area contributed by atoms with Crippen molar-refractivity contribution in [2.45, 2.75) is 51.6 Å². The second-order valence-corrected chi connectivity index (χ2v) is 7.08. The molecule has 0 spiro atoms. The fraction of sp³-hybridized carbons (Fsp3) is 0.474. The van der Waals surface area contributed by atoms with Crippen molar-refractivity contribution in [1.82, 2.24) is 15.1 Å². The fourth-order valence-corrected chi connectivity index (χ4v) is 3.25. The third-order valence-electron chi connectivity index (χ3n) is 4.80. The van der Waals surface area contributed by atoms with Gasteiger partial charge in [0.15, 0.2) is 12.3 Å². The summed E-state index contributed by atoms with van der Waals surface area (Å²) in [5.41, 5.74) is 3.57. The van der Waals surface area contributed by atoms with E-state index in [-0.39, 0.29) is 23.5 Å². The standard InChI is InChI=1S/C19H21F2N3O2/c1-3-12-4-7-14(11(2)8-12)15-16(17(25)22-13-5-6-13)23-24-9-19(20,21)10-26-18(15)24/h4,7-8,13H,3,5-6,9-10H2,1-2H3,(H,22,25). The van der Waals surface area contributed by atoms with E-state index in [9.17, 15) is 13.6 Å². The summed E-state index contributed by atoms with van der Waals surface area (Å²) < 4.78 is 34.0. The van der Waals surface area contributed by atoms with Gasteiger partial charge in [-0.2, -0.15) is 5.10 Å². The molecule has 1 aliphatic heterocycles. The van der Waals surface area contributed by atoms with E-state index in [2.05, 4.69) is 17.3 Å². The van der Waals surface area contributed by atoms with Gasteiger partial charge in [-0.05, 0) is 42.9 Å². The zero-order chi connectivity index (χ0) is 18.5. The van der Waals surface area contributed by atoms with Crippen molar-refractivity contribution in [1.29, 1.82) is 0 Å². The van der Waals surface area contributed by atoms with Crippen LogP contribution in [0, 0.1) is 6.92 Å². The molecule has 0 unspecified atom stereocenters. The number of nitrogens with one attached hydrogen (secondary N) is 1. The van der Waals surface area contributed by atoms with Gasteiger partial charge in [0, 0.05) is 6.04 Å². The Balaban J connectivity index is 1.83. The van der Waals surface area contributed by atoms with E-state index >= 15 is 0 Å². The molecule has 0 saturated heterocycles. The van der Waals surface area contributed by atoms with Crippen LogP contribution in [-0.4, -0.2) is 34.3 Å². The van der Waals surface area contributed by atoms with Gasteiger partial charge in [-0.25, -0.2) is 13.5 Å². The SMILES string of the molecule is CCc1ccc(-c2c(C(=O)NC3CC3)nn3c2OCC(F)(F)C3)c(C)c1. The molecule has 2 aliphatic rings. The maximum Gasteiger partial charge on any atom is 0.300 e. The van der Waals surface area contributed by atoms with Crippen LogP contribution in [0.3, 0.4) is 0 Å². The first-order valence-electron chi connectivity index (χ1n) is 8.90. The molecule has 1 aromatic carbocycles. The second-order valence-electron chi connectivity index (χ2n) is 7.08. The molecule has 7 heteroatoms. The Morgan fingerprint density at radius 1 is 1.42 bits per heavy atom. The summed E-state index contributed by atoms with van der Waals surface area (Å²) in [5, 5.41) is 7.08. The average molecular weight is 361 g/mol. The molecule has 1 aromatic heterocycles. The highest BCUT2D eigenvalue weighted by Gasteiger charge is 2.40. The Morgan fingerprint density at radius 2 is 2.19 bits per heavy atom. The van der Waals surface area contributed by atoms with Crippen molar-refractivity contribution in [2.75, 3.05) is 6.61 Å². The maximum absolute atomic E-state index is 13.7. The molecule has 1 aliphatic carbocycles. The third kappa shape index (κ3) is 3.06. The van der Waals surface area contributed by atoms with Gasteiger partial charge in [-0.15, -0.1) is 0 Å². The van der Waals surface area contributed by atoms with Gasteiger partial charge in [0.1, 0.15) is 6.54 Å². The number of aromatic nitrogens is 2. The number of fused-ring (bicyclic) bond motifs is 1. The molecule has 4 rings (SSSR count). The summed E-state index contributed by atoms with van der Waals surface area (Å²) in [7, 11) is 0. The monoisotopic (exact) mass is 361 g/mol. The molecule has 1 N–H and O–H groups in total. The number of carbonyl (C=O) groups excluding carboxylic acids is 1. The minimum atomic E-state index is -3.00. The molecule has 1 amide bonds. The predicted molar refractivity (Wildman–Crippen MR) is 92.7 cm³/mol. The smallest absolute Gasteiger partial charge is 0.300 e. The molecule has 0 bridgehead atoms. The molecular weight excluding hydrogens is 340 g/mol. The van der Waals surface area contributed by atoms with Gasteiger partial charge in [-0.1, -0.05) is 25.1 Å². The fourth-order valence-electron chi connectivity index (χ4n) is 3.25. The van der Waals surface area contributed by atoms with E-state index in [4.69, 9.17) is 4.74 Å². The van der Waals surface area contributed by atoms with Crippen LogP contribution in [0.15, 0.2) is 18.2 Å². The average Bonchev–Trinajstić information content (AvgIpc) is 3.32. The van der Waals surface area contributed by atoms with Gasteiger partial charge >= 0.3 is 5.92 Å². The molecule has 2 heterocycles. The lowest BCUT2D eigenvalue weighted by molar-refractivity contribution is -0.0793. The highest BCUT2D eigenvalue weighted by molar-refractivity contribution is 6.01. The number of halogens is 2. The summed E-state index contributed by atoms with van der Waals surface area (Å²) in [6.07, 6.45) is 2.77. The van der Waals surface area contributed by atoms with Gasteiger partial charge in [0.2, 0.25) is 5.88 Å². The number of alkyl halides is 2. The quantitative estimate of drug-likeness (QED) is 0.909. The summed E-state index contributed by atoms with van der Waals surface area (Å²) in [5.74, 6) is -3.10. The molecule has 1 fully saturated rings. The Labute approximate surface area is 150 Å². The van der Waals surface area contributed by atoms with Gasteiger partial charge in [-0.3, -0.25) is 4.79 Å². The first-order chi connectivity index (χ1) is 12.4. The zero-order valence-electron chi connectivity index (χ0n) is 14.8. The Kier molecular flexibility index (Phi) is 3.97. The minimum absolute atomic E-state index is 0.150. The molecule has 5 nitrogen and oxygen atoms in total. The number of aryl methyl sites for hydroxylation is 2. The van der Waals surface area contributed by atoms with Crippen LogP contribution in [0.4, 0.5) is 8.78 Å². The molecule has 0 radical (unpaired) electrons. The molecule has 138 valence electrons. The van der Waals surface area contributed by atoms with Crippen molar-refractivity contribution in [3.63, 3.8) is 0 Å². The number of ether oxygens (including phenoxy) is 1. The zero-order valence-corrected chi connectivity index (χ0v) is 14.8. The van der Waals surface area contributed by atoms with Crippen molar-refractivity contribution < 1.29 is 18.3 Å². The molecule has 1 saturated carbocycles. The van der Waals surface area contributed by atoms with Gasteiger partial charge in [0.05, 0.1) is 5.56 Å². The van der Waals surface area contributed by atoms with E-state index in [0.29, 0.717) is 5.56 Å². The van der Waals surface area contributed by atoms with Gasteiger partial charge < -0.3 is 10.1 Å². The normalized spacial score (nSPS) is 18.2. The lowest BCUT2D eigenvalue weighted by atomic mass is 9.97. The first-order valence-corrected chi connectivity index (χ1v) is 8.90. The Hall–Kier alpha value is -2.44. The van der Waals surface area contributed by atoms with Crippen LogP contribution in [0.25, 0.3) is 11.1 Å². The van der Waals surface area contributed by atoms with E-state index < -0.39 is 19.1 Å². The van der Waals surface area contributed by atoms with Crippen molar-refractivity contribution >= 4 is 5.91 Å².